The number of aryl methyl sites for hydroxylation is 1. The number of thiophene rings is 1. The maximum atomic E-state index is 17.3. The summed E-state index contributed by atoms with van der Waals surface area (Å²) in [7, 11) is 2.57. The lowest BCUT2D eigenvalue weighted by molar-refractivity contribution is -0.138. The number of H-pyrrole nitrogens is 2. The summed E-state index contributed by atoms with van der Waals surface area (Å²) in [5, 5.41) is 5.96. The quantitative estimate of drug-likeness (QED) is 0.0916. The lowest BCUT2D eigenvalue weighted by Crippen LogP contribution is -2.54. The van der Waals surface area contributed by atoms with Crippen molar-refractivity contribution < 1.29 is 42.5 Å². The van der Waals surface area contributed by atoms with E-state index < -0.39 is 42.4 Å². The summed E-state index contributed by atoms with van der Waals surface area (Å²) in [5.41, 5.74) is 4.45. The molecule has 0 saturated carbocycles. The first-order chi connectivity index (χ1) is 34.7. The molecule has 380 valence electrons. The van der Waals surface area contributed by atoms with Crippen LogP contribution in [0.15, 0.2) is 60.9 Å². The molecule has 0 aliphatic carbocycles. The van der Waals surface area contributed by atoms with Crippen molar-refractivity contribution in [2.75, 3.05) is 27.3 Å². The minimum Gasteiger partial charge on any atom is -0.464 e. The van der Waals surface area contributed by atoms with Crippen LogP contribution in [0.3, 0.4) is 0 Å². The Bertz CT molecular complexity index is 3010. The van der Waals surface area contributed by atoms with Crippen molar-refractivity contribution in [2.45, 2.75) is 122 Å². The average molecular weight is 1000 g/mol. The van der Waals surface area contributed by atoms with Gasteiger partial charge in [0.2, 0.25) is 18.0 Å². The Morgan fingerprint density at radius 1 is 0.833 bits per heavy atom. The Morgan fingerprint density at radius 3 is 2.12 bits per heavy atom. The molecule has 10 rings (SSSR count). The molecule has 19 heteroatoms. The monoisotopic (exact) mass is 1000 g/mol. The van der Waals surface area contributed by atoms with E-state index in [1.54, 1.807) is 33.4 Å². The number of carbonyl (C=O) groups excluding carboxylic acids is 4. The number of ether oxygens (including phenoxy) is 4. The lowest BCUT2D eigenvalue weighted by Gasteiger charge is -2.38. The number of hydrogen-bond donors (Lipinski definition) is 4. The second kappa shape index (κ2) is 20.1. The number of nitrogens with one attached hydrogen (secondary N) is 4. The van der Waals surface area contributed by atoms with Crippen LogP contribution in [0, 0.1) is 17.7 Å². The van der Waals surface area contributed by atoms with Crippen molar-refractivity contribution >= 4 is 46.2 Å². The zero-order chi connectivity index (χ0) is 50.5. The molecule has 4 aromatic heterocycles. The summed E-state index contributed by atoms with van der Waals surface area (Å²) in [4.78, 5) is 75.3. The number of rotatable bonds is 12. The number of fused-ring (bicyclic) bond motifs is 5. The third-order valence-electron chi connectivity index (χ3n) is 14.8. The SMILES string of the molecule is CCc1ccc(C2Oc3cc(-c4c[nH]c([C@@H]5CCCN5C(=O)[C@@H](NC(=O)OC)C(C)C)n4)ccc3-c3cc4c(F)c(-c5c[nH]c([C@@H]6CCCN6C(=O)C(NC(=O)OC)C6C[C@@H](C)O[C@@H](C)C6)n5)ccc4n32)s1. The first kappa shape index (κ1) is 48.9. The van der Waals surface area contributed by atoms with Crippen molar-refractivity contribution in [2.24, 2.45) is 11.8 Å². The van der Waals surface area contributed by atoms with Gasteiger partial charge < -0.3 is 49.3 Å². The molecule has 8 atom stereocenters. The van der Waals surface area contributed by atoms with Gasteiger partial charge >= 0.3 is 12.2 Å². The number of nitrogens with zero attached hydrogens (tertiary/aromatic N) is 5. The predicted molar refractivity (Wildman–Crippen MR) is 269 cm³/mol. The molecule has 4 aliphatic rings. The van der Waals surface area contributed by atoms with Crippen LogP contribution in [0.1, 0.15) is 113 Å². The highest BCUT2D eigenvalue weighted by atomic mass is 32.1. The number of benzene rings is 2. The normalized spacial score (nSPS) is 22.6. The number of imidazole rings is 2. The van der Waals surface area contributed by atoms with E-state index in [4.69, 9.17) is 28.9 Å². The van der Waals surface area contributed by atoms with Crippen LogP contribution < -0.4 is 15.4 Å². The van der Waals surface area contributed by atoms with Gasteiger partial charge in [0.15, 0.2) is 0 Å². The molecule has 0 bridgehead atoms. The molecular weight excluding hydrogens is 942 g/mol. The molecule has 0 spiro atoms. The number of aromatic amines is 2. The summed E-state index contributed by atoms with van der Waals surface area (Å²) in [6.45, 7) is 10.9. The zero-order valence-electron chi connectivity index (χ0n) is 41.6. The van der Waals surface area contributed by atoms with Gasteiger partial charge in [-0.1, -0.05) is 26.8 Å². The van der Waals surface area contributed by atoms with E-state index in [0.29, 0.717) is 77.6 Å². The molecule has 4 aliphatic heterocycles. The van der Waals surface area contributed by atoms with Gasteiger partial charge in [-0.3, -0.25) is 14.2 Å². The van der Waals surface area contributed by atoms with Crippen LogP contribution in [0.5, 0.6) is 5.75 Å². The summed E-state index contributed by atoms with van der Waals surface area (Å²) in [5.74, 6) is 0.698. The third-order valence-corrected chi connectivity index (χ3v) is 16.0. The van der Waals surface area contributed by atoms with Crippen molar-refractivity contribution in [3.8, 4) is 39.5 Å². The maximum Gasteiger partial charge on any atom is 0.407 e. The van der Waals surface area contributed by atoms with Crippen molar-refractivity contribution in [3.63, 3.8) is 0 Å². The Kier molecular flexibility index (Phi) is 13.6. The number of alkyl carbamates (subject to hydrolysis) is 2. The second-order valence-electron chi connectivity index (χ2n) is 19.8. The highest BCUT2D eigenvalue weighted by molar-refractivity contribution is 7.12. The third kappa shape index (κ3) is 9.09. The molecule has 3 saturated heterocycles. The lowest BCUT2D eigenvalue weighted by atomic mass is 9.85. The van der Waals surface area contributed by atoms with Gasteiger partial charge in [0.25, 0.3) is 0 Å². The molecule has 0 radical (unpaired) electrons. The topological polar surface area (TPSA) is 198 Å². The Labute approximate surface area is 421 Å². The molecule has 72 heavy (non-hydrogen) atoms. The molecule has 3 fully saturated rings. The minimum atomic E-state index is -0.804. The number of halogens is 1. The summed E-state index contributed by atoms with van der Waals surface area (Å²) in [6, 6.07) is 13.4. The van der Waals surface area contributed by atoms with Gasteiger partial charge in [-0.25, -0.2) is 23.9 Å². The Hall–Kier alpha value is -6.73. The molecular formula is C53H62FN9O8S. The Balaban J connectivity index is 0.946. The van der Waals surface area contributed by atoms with Crippen molar-refractivity contribution in [3.05, 3.63) is 88.1 Å². The van der Waals surface area contributed by atoms with Gasteiger partial charge in [-0.15, -0.1) is 11.3 Å². The van der Waals surface area contributed by atoms with Gasteiger partial charge in [0.1, 0.15) is 35.3 Å². The predicted octanol–water partition coefficient (Wildman–Crippen LogP) is 9.43. The highest BCUT2D eigenvalue weighted by Crippen LogP contribution is 2.48. The standard InChI is InChI=1S/C53H62FN9O8S/c1-8-32-14-18-43(72-32)51-63-38-17-16-33(37-26-56-48(58-37)40-12-10-20-62(40)50(65)46(60-53(67)69-7)31-21-28(4)70-29(5)22-31)44(54)35(38)24-41(63)34-15-13-30(23-42(34)71-51)36-25-55-47(57-36)39-11-9-19-61(39)49(64)45(27(2)3)59-52(66)68-6/h13-18,23-29,31,39-40,45-46,51H,8-12,19-22H2,1-7H3,(H,55,57)(H,56,58)(H,59,66)(H,60,67)/t28-,29+,31?,39-,40-,45-,46?,51?/m0/s1. The van der Waals surface area contributed by atoms with Crippen LogP contribution in [0.2, 0.25) is 0 Å². The van der Waals surface area contributed by atoms with Gasteiger partial charge in [0, 0.05) is 52.4 Å². The van der Waals surface area contributed by atoms with Gasteiger partial charge in [-0.05, 0) is 113 Å². The van der Waals surface area contributed by atoms with Crippen LogP contribution in [-0.2, 0) is 30.2 Å². The van der Waals surface area contributed by atoms with E-state index >= 15 is 4.39 Å². The summed E-state index contributed by atoms with van der Waals surface area (Å²) >= 11 is 1.66. The minimum absolute atomic E-state index is 0.0683. The van der Waals surface area contributed by atoms with E-state index in [1.165, 1.54) is 19.1 Å². The van der Waals surface area contributed by atoms with Crippen LogP contribution in [0.4, 0.5) is 14.0 Å². The fourth-order valence-electron chi connectivity index (χ4n) is 11.3. The maximum absolute atomic E-state index is 17.3. The highest BCUT2D eigenvalue weighted by Gasteiger charge is 2.43. The van der Waals surface area contributed by atoms with E-state index in [2.05, 4.69) is 44.2 Å². The molecule has 3 unspecified atom stereocenters. The van der Waals surface area contributed by atoms with Crippen LogP contribution in [-0.4, -0.2) is 110 Å². The van der Waals surface area contributed by atoms with E-state index in [9.17, 15) is 19.2 Å². The summed E-state index contributed by atoms with van der Waals surface area (Å²) in [6.07, 6.45) is 6.47. The fourth-order valence-corrected chi connectivity index (χ4v) is 12.2. The van der Waals surface area contributed by atoms with Gasteiger partial charge in [-0.2, -0.15) is 0 Å². The molecule has 17 nitrogen and oxygen atoms in total. The smallest absolute Gasteiger partial charge is 0.407 e. The van der Waals surface area contributed by atoms with Crippen LogP contribution in [0.25, 0.3) is 44.7 Å². The Morgan fingerprint density at radius 2 is 1.47 bits per heavy atom. The molecule has 2 aromatic carbocycles. The summed E-state index contributed by atoms with van der Waals surface area (Å²) < 4.78 is 42.0. The molecule has 4 amide bonds. The first-order valence-corrected chi connectivity index (χ1v) is 25.9. The second-order valence-corrected chi connectivity index (χ2v) is 21.0. The van der Waals surface area contributed by atoms with Crippen LogP contribution >= 0.6 is 11.3 Å². The van der Waals surface area contributed by atoms with Gasteiger partial charge in [0.05, 0.1) is 66.0 Å². The van der Waals surface area contributed by atoms with E-state index in [-0.39, 0.29) is 41.9 Å². The largest absolute Gasteiger partial charge is 0.464 e. The number of carbonyl (C=O) groups is 4. The number of methoxy groups -OCH3 is 2. The first-order valence-electron chi connectivity index (χ1n) is 25.0. The average Bonchev–Trinajstić information content (AvgIpc) is 4.24. The number of aromatic nitrogens is 5. The van der Waals surface area contributed by atoms with E-state index in [1.807, 2.05) is 64.2 Å². The molecule has 6 aromatic rings. The number of likely N-dealkylation sites (tertiary alicyclic amines) is 2. The van der Waals surface area contributed by atoms with Crippen molar-refractivity contribution in [1.82, 2.24) is 44.9 Å². The van der Waals surface area contributed by atoms with E-state index in [0.717, 1.165) is 47.4 Å². The molecule has 4 N–H and O–H groups in total. The number of hydrogen-bond acceptors (Lipinski definition) is 11. The molecule has 8 heterocycles. The number of amides is 4. The zero-order valence-corrected chi connectivity index (χ0v) is 42.4. The van der Waals surface area contributed by atoms with Crippen molar-refractivity contribution in [1.29, 1.82) is 0 Å². The fraction of sp³-hybridized carbons (Fsp3) is 0.472.